The highest BCUT2D eigenvalue weighted by atomic mass is 19.1. The second-order valence-corrected chi connectivity index (χ2v) is 6.47. The van der Waals surface area contributed by atoms with Crippen LogP contribution in [-0.2, 0) is 11.3 Å². The molecule has 0 spiro atoms. The van der Waals surface area contributed by atoms with E-state index in [0.717, 1.165) is 13.0 Å². The number of carbonyl (C=O) groups is 1. The van der Waals surface area contributed by atoms with Crippen molar-refractivity contribution in [1.29, 1.82) is 0 Å². The number of aliphatic imine (C=N–C) groups is 1. The van der Waals surface area contributed by atoms with Gasteiger partial charge in [0.15, 0.2) is 0 Å². The van der Waals surface area contributed by atoms with Crippen LogP contribution in [0.2, 0.25) is 0 Å². The summed E-state index contributed by atoms with van der Waals surface area (Å²) >= 11 is 0. The fraction of sp³-hybridized carbons (Fsp3) is 0.364. The predicted molar refractivity (Wildman–Crippen MR) is 109 cm³/mol. The highest BCUT2D eigenvalue weighted by molar-refractivity contribution is 5.92. The molecular weight excluding hydrogens is 359 g/mol. The summed E-state index contributed by atoms with van der Waals surface area (Å²) in [7, 11) is 1.93. The van der Waals surface area contributed by atoms with Crippen molar-refractivity contribution in [3.8, 4) is 5.75 Å². The fourth-order valence-corrected chi connectivity index (χ4v) is 2.40. The number of halogens is 1. The summed E-state index contributed by atoms with van der Waals surface area (Å²) in [6, 6.07) is 9.67. The molecule has 2 rings (SSSR count). The van der Waals surface area contributed by atoms with E-state index in [4.69, 9.17) is 9.47 Å². The quantitative estimate of drug-likeness (QED) is 0.350. The van der Waals surface area contributed by atoms with Crippen molar-refractivity contribution in [2.24, 2.45) is 4.99 Å². The van der Waals surface area contributed by atoms with Gasteiger partial charge in [-0.2, -0.15) is 0 Å². The van der Waals surface area contributed by atoms with E-state index in [-0.39, 0.29) is 6.61 Å². The molecule has 2 aromatic rings. The second-order valence-electron chi connectivity index (χ2n) is 6.47. The van der Waals surface area contributed by atoms with Crippen molar-refractivity contribution >= 4 is 18.0 Å². The lowest BCUT2D eigenvalue weighted by Gasteiger charge is -2.14. The highest BCUT2D eigenvalue weighted by Crippen LogP contribution is 2.32. The minimum atomic E-state index is -0.525. The van der Waals surface area contributed by atoms with E-state index in [1.807, 2.05) is 32.7 Å². The van der Waals surface area contributed by atoms with Crippen molar-refractivity contribution in [3.05, 3.63) is 58.9 Å². The van der Waals surface area contributed by atoms with Crippen LogP contribution in [0.25, 0.3) is 0 Å². The molecule has 0 saturated heterocycles. The van der Waals surface area contributed by atoms with E-state index in [1.54, 1.807) is 36.7 Å². The van der Waals surface area contributed by atoms with Gasteiger partial charge in [-0.1, -0.05) is 25.1 Å². The first-order valence-electron chi connectivity index (χ1n) is 9.38. The number of benzene rings is 2. The van der Waals surface area contributed by atoms with Crippen molar-refractivity contribution in [2.45, 2.75) is 33.8 Å². The van der Waals surface area contributed by atoms with E-state index in [2.05, 4.69) is 4.99 Å². The van der Waals surface area contributed by atoms with Gasteiger partial charge in [-0.25, -0.2) is 14.2 Å². The number of aryl methyl sites for hydroxylation is 1. The highest BCUT2D eigenvalue weighted by Gasteiger charge is 2.16. The van der Waals surface area contributed by atoms with E-state index in [9.17, 15) is 9.18 Å². The van der Waals surface area contributed by atoms with Gasteiger partial charge in [-0.15, -0.1) is 0 Å². The summed E-state index contributed by atoms with van der Waals surface area (Å²) < 4.78 is 24.8. The maximum Gasteiger partial charge on any atom is 0.338 e. The van der Waals surface area contributed by atoms with Crippen LogP contribution in [0.4, 0.5) is 10.1 Å². The maximum absolute atomic E-state index is 13.7. The Morgan fingerprint density at radius 1 is 1.25 bits per heavy atom. The molecule has 0 aliphatic rings. The Bertz CT molecular complexity index is 837. The SMILES string of the molecule is CCCOc1cc(C(=O)OCc2ccccc2F)c(C)cc1N=CN(C)CC. The Hall–Kier alpha value is -2.89. The largest absolute Gasteiger partial charge is 0.491 e. The molecule has 0 aliphatic carbocycles. The van der Waals surface area contributed by atoms with Crippen LogP contribution in [0.15, 0.2) is 41.4 Å². The zero-order valence-electron chi connectivity index (χ0n) is 16.9. The predicted octanol–water partition coefficient (Wildman–Crippen LogP) is 4.89. The Kier molecular flexibility index (Phi) is 7.99. The number of nitrogens with zero attached hydrogens (tertiary/aromatic N) is 2. The van der Waals surface area contributed by atoms with E-state index in [1.165, 1.54) is 6.07 Å². The molecular formula is C22H27FN2O3. The van der Waals surface area contributed by atoms with Crippen LogP contribution in [-0.4, -0.2) is 37.4 Å². The normalized spacial score (nSPS) is 10.9. The zero-order valence-corrected chi connectivity index (χ0v) is 16.9. The summed E-state index contributed by atoms with van der Waals surface area (Å²) in [5, 5.41) is 0. The minimum Gasteiger partial charge on any atom is -0.491 e. The third kappa shape index (κ3) is 5.81. The molecule has 0 saturated carbocycles. The molecule has 150 valence electrons. The van der Waals surface area contributed by atoms with Gasteiger partial charge in [0.25, 0.3) is 0 Å². The van der Waals surface area contributed by atoms with Gasteiger partial charge < -0.3 is 14.4 Å². The van der Waals surface area contributed by atoms with Crippen LogP contribution in [0.3, 0.4) is 0 Å². The molecule has 0 unspecified atom stereocenters. The topological polar surface area (TPSA) is 51.1 Å². The molecule has 6 heteroatoms. The molecule has 5 nitrogen and oxygen atoms in total. The van der Waals surface area contributed by atoms with Gasteiger partial charge >= 0.3 is 5.97 Å². The molecule has 2 aromatic carbocycles. The van der Waals surface area contributed by atoms with Gasteiger partial charge in [0.2, 0.25) is 0 Å². The number of hydrogen-bond acceptors (Lipinski definition) is 4. The number of esters is 1. The first-order valence-corrected chi connectivity index (χ1v) is 9.38. The van der Waals surface area contributed by atoms with Crippen LogP contribution in [0.1, 0.15) is 41.8 Å². The maximum atomic E-state index is 13.7. The van der Waals surface area contributed by atoms with E-state index < -0.39 is 11.8 Å². The van der Waals surface area contributed by atoms with Crippen LogP contribution in [0, 0.1) is 12.7 Å². The lowest BCUT2D eigenvalue weighted by Crippen LogP contribution is -2.14. The first kappa shape index (κ1) is 21.4. The summed E-state index contributed by atoms with van der Waals surface area (Å²) in [6.45, 7) is 7.06. The Labute approximate surface area is 165 Å². The Morgan fingerprint density at radius 3 is 2.68 bits per heavy atom. The van der Waals surface area contributed by atoms with E-state index >= 15 is 0 Å². The lowest BCUT2D eigenvalue weighted by molar-refractivity contribution is 0.0467. The third-order valence-corrected chi connectivity index (χ3v) is 4.20. The van der Waals surface area contributed by atoms with Crippen LogP contribution >= 0.6 is 0 Å². The van der Waals surface area contributed by atoms with Gasteiger partial charge in [0.1, 0.15) is 23.9 Å². The van der Waals surface area contributed by atoms with Gasteiger partial charge in [0, 0.05) is 19.2 Å². The smallest absolute Gasteiger partial charge is 0.338 e. The molecule has 0 N–H and O–H groups in total. The minimum absolute atomic E-state index is 0.128. The van der Waals surface area contributed by atoms with Crippen LogP contribution < -0.4 is 4.74 Å². The average Bonchev–Trinajstić information content (AvgIpc) is 2.70. The number of rotatable bonds is 9. The molecule has 0 aromatic heterocycles. The van der Waals surface area contributed by atoms with Crippen LogP contribution in [0.5, 0.6) is 5.75 Å². The zero-order chi connectivity index (χ0) is 20.5. The van der Waals surface area contributed by atoms with Gasteiger partial charge in [-0.05, 0) is 44.0 Å². The summed E-state index contributed by atoms with van der Waals surface area (Å²) in [5.41, 5.74) is 2.08. The molecule has 28 heavy (non-hydrogen) atoms. The molecule has 0 atom stereocenters. The van der Waals surface area contributed by atoms with Crippen molar-refractivity contribution in [1.82, 2.24) is 4.90 Å². The van der Waals surface area contributed by atoms with Crippen molar-refractivity contribution in [3.63, 3.8) is 0 Å². The van der Waals surface area contributed by atoms with E-state index in [0.29, 0.717) is 34.7 Å². The third-order valence-electron chi connectivity index (χ3n) is 4.20. The summed E-state index contributed by atoms with van der Waals surface area (Å²) in [4.78, 5) is 19.0. The Morgan fingerprint density at radius 2 is 2.00 bits per heavy atom. The van der Waals surface area contributed by atoms with Crippen molar-refractivity contribution in [2.75, 3.05) is 20.2 Å². The van der Waals surface area contributed by atoms with Crippen molar-refractivity contribution < 1.29 is 18.7 Å². The Balaban J connectivity index is 2.24. The molecule has 0 fully saturated rings. The van der Waals surface area contributed by atoms with Gasteiger partial charge in [-0.3, -0.25) is 0 Å². The fourth-order valence-electron chi connectivity index (χ4n) is 2.40. The molecule has 0 heterocycles. The monoisotopic (exact) mass is 386 g/mol. The second kappa shape index (κ2) is 10.4. The standard InChI is InChI=1S/C22H27FN2O3/c1-5-11-27-21-13-18(16(3)12-20(21)24-15-25(4)6-2)22(26)28-14-17-9-7-8-10-19(17)23/h7-10,12-13,15H,5-6,11,14H2,1-4H3. The summed E-state index contributed by atoms with van der Waals surface area (Å²) in [6.07, 6.45) is 2.56. The number of hydrogen-bond donors (Lipinski definition) is 0. The first-order chi connectivity index (χ1) is 13.5. The lowest BCUT2D eigenvalue weighted by atomic mass is 10.1. The number of carbonyl (C=O) groups excluding carboxylic acids is 1. The summed E-state index contributed by atoms with van der Waals surface area (Å²) in [5.74, 6) is -0.405. The molecule has 0 bridgehead atoms. The average molecular weight is 386 g/mol. The van der Waals surface area contributed by atoms with Gasteiger partial charge in [0.05, 0.1) is 18.5 Å². The molecule has 0 radical (unpaired) electrons. The molecule has 0 amide bonds. The molecule has 0 aliphatic heterocycles. The number of ether oxygens (including phenoxy) is 2.